The molecule has 4 aromatic carbocycles. The zero-order valence-electron chi connectivity index (χ0n) is 32.4. The van der Waals surface area contributed by atoms with Crippen molar-refractivity contribution in [1.29, 1.82) is 0 Å². The Morgan fingerprint density at radius 2 is 1.22 bits per heavy atom. The van der Waals surface area contributed by atoms with E-state index in [4.69, 9.17) is 9.72 Å². The first-order valence-corrected chi connectivity index (χ1v) is 18.3. The predicted molar refractivity (Wildman–Crippen MR) is 218 cm³/mol. The number of fused-ring (bicyclic) bond motifs is 4. The van der Waals surface area contributed by atoms with Crippen molar-refractivity contribution in [2.45, 2.75) is 78.6 Å². The Balaban J connectivity index is 0.00000450. The summed E-state index contributed by atoms with van der Waals surface area (Å²) in [7, 11) is 0. The summed E-state index contributed by atoms with van der Waals surface area (Å²) in [5, 5.41) is 2.21. The van der Waals surface area contributed by atoms with Gasteiger partial charge in [0.1, 0.15) is 11.7 Å². The quantitative estimate of drug-likeness (QED) is 0.161. The Morgan fingerprint density at radius 1 is 0.593 bits per heavy atom. The number of nitrogens with zero attached hydrogens (tertiary/aromatic N) is 5. The van der Waals surface area contributed by atoms with E-state index < -0.39 is 0 Å². The maximum atomic E-state index is 6.45. The molecule has 0 saturated heterocycles. The van der Waals surface area contributed by atoms with Gasteiger partial charge in [-0.25, -0.2) is 4.98 Å². The maximum absolute atomic E-state index is 6.45. The minimum absolute atomic E-state index is 0. The van der Waals surface area contributed by atoms with Crippen molar-refractivity contribution in [2.75, 3.05) is 9.80 Å². The van der Waals surface area contributed by atoms with Crippen molar-refractivity contribution in [1.82, 2.24) is 14.5 Å². The number of ether oxygens (including phenoxy) is 1. The molecule has 0 N–H and O–H groups in total. The first-order valence-electron chi connectivity index (χ1n) is 18.3. The summed E-state index contributed by atoms with van der Waals surface area (Å²) < 4.78 is 8.62. The zero-order valence-corrected chi connectivity index (χ0v) is 34.7. The van der Waals surface area contributed by atoms with Gasteiger partial charge in [-0.3, -0.25) is 4.98 Å². The van der Waals surface area contributed by atoms with E-state index in [1.807, 2.05) is 18.3 Å². The smallest absolute Gasteiger partial charge is 0.135 e. The van der Waals surface area contributed by atoms with Gasteiger partial charge in [-0.05, 0) is 87.0 Å². The maximum Gasteiger partial charge on any atom is 0.135 e. The van der Waals surface area contributed by atoms with Gasteiger partial charge in [0.2, 0.25) is 0 Å². The molecule has 54 heavy (non-hydrogen) atoms. The Labute approximate surface area is 334 Å². The molecule has 7 aromatic rings. The van der Waals surface area contributed by atoms with Crippen molar-refractivity contribution in [3.8, 4) is 17.4 Å². The van der Waals surface area contributed by atoms with Crippen LogP contribution in [-0.4, -0.2) is 14.5 Å². The molecule has 3 aromatic heterocycles. The van der Waals surface area contributed by atoms with Crippen molar-refractivity contribution < 1.29 is 25.8 Å². The average Bonchev–Trinajstić information content (AvgIpc) is 3.67. The minimum Gasteiger partial charge on any atom is -0.503 e. The van der Waals surface area contributed by atoms with Gasteiger partial charge in [0, 0.05) is 55.6 Å². The molecule has 0 atom stereocenters. The Morgan fingerprint density at radius 3 is 1.91 bits per heavy atom. The molecule has 0 amide bonds. The molecule has 7 heteroatoms. The fraction of sp³-hybridized carbons (Fsp3) is 0.255. The van der Waals surface area contributed by atoms with Crippen molar-refractivity contribution in [3.05, 3.63) is 145 Å². The van der Waals surface area contributed by atoms with Gasteiger partial charge in [0.25, 0.3) is 0 Å². The van der Waals surface area contributed by atoms with E-state index in [-0.39, 0.29) is 37.3 Å². The summed E-state index contributed by atoms with van der Waals surface area (Å²) in [4.78, 5) is 13.8. The van der Waals surface area contributed by atoms with Crippen LogP contribution < -0.4 is 14.5 Å². The normalized spacial score (nSPS) is 13.4. The number of hydrogen-bond acceptors (Lipinski definition) is 5. The van der Waals surface area contributed by atoms with E-state index in [0.29, 0.717) is 11.6 Å². The van der Waals surface area contributed by atoms with E-state index in [1.165, 1.54) is 16.7 Å². The molecule has 1 aliphatic rings. The van der Waals surface area contributed by atoms with Gasteiger partial charge in [0.15, 0.2) is 0 Å². The van der Waals surface area contributed by atoms with Crippen LogP contribution in [0.15, 0.2) is 109 Å². The van der Waals surface area contributed by atoms with Crippen LogP contribution in [0.4, 0.5) is 22.7 Å². The van der Waals surface area contributed by atoms with Gasteiger partial charge in [-0.15, -0.1) is 24.2 Å². The molecule has 0 spiro atoms. The fourth-order valence-corrected chi connectivity index (χ4v) is 6.96. The van der Waals surface area contributed by atoms with Crippen LogP contribution in [0.25, 0.3) is 27.6 Å². The SMILES string of the molecule is CC(C)(C)c1cc(N2[CH-]N(c3[c-]c(Oc4[c-]c5c(cc4)c4ccccc4n5-c4cc(C(C)(C)C)ccn4)ncc3)c3ccccc32)cc(C(C)(C)C)c1.[Pt]. The van der Waals surface area contributed by atoms with E-state index in [9.17, 15) is 0 Å². The molecule has 278 valence electrons. The summed E-state index contributed by atoms with van der Waals surface area (Å²) >= 11 is 0. The van der Waals surface area contributed by atoms with Crippen LogP contribution >= 0.6 is 0 Å². The third-order valence-electron chi connectivity index (χ3n) is 10.1. The van der Waals surface area contributed by atoms with E-state index in [2.05, 4.69) is 185 Å². The van der Waals surface area contributed by atoms with Gasteiger partial charge in [-0.1, -0.05) is 104 Å². The van der Waals surface area contributed by atoms with Gasteiger partial charge < -0.3 is 19.1 Å². The zero-order chi connectivity index (χ0) is 37.3. The van der Waals surface area contributed by atoms with Crippen LogP contribution in [0.5, 0.6) is 11.6 Å². The second kappa shape index (κ2) is 13.7. The molecule has 8 rings (SSSR count). The van der Waals surface area contributed by atoms with Crippen LogP contribution in [0.1, 0.15) is 79.0 Å². The molecule has 0 radical (unpaired) electrons. The van der Waals surface area contributed by atoms with E-state index >= 15 is 0 Å². The molecule has 6 nitrogen and oxygen atoms in total. The largest absolute Gasteiger partial charge is 0.503 e. The van der Waals surface area contributed by atoms with Gasteiger partial charge >= 0.3 is 0 Å². The second-order valence-corrected chi connectivity index (χ2v) is 17.1. The fourth-order valence-electron chi connectivity index (χ4n) is 6.96. The van der Waals surface area contributed by atoms with Crippen LogP contribution in [0.2, 0.25) is 0 Å². The molecular weight excluding hydrogens is 846 g/mol. The van der Waals surface area contributed by atoms with Crippen molar-refractivity contribution in [2.24, 2.45) is 0 Å². The molecule has 0 fully saturated rings. The first kappa shape index (κ1) is 37.4. The molecule has 1 aliphatic heterocycles. The molecule has 0 saturated carbocycles. The summed E-state index contributed by atoms with van der Waals surface area (Å²) in [6, 6.07) is 41.2. The molecule has 4 heterocycles. The van der Waals surface area contributed by atoms with Crippen molar-refractivity contribution >= 4 is 44.6 Å². The molecular formula is C47H46N5OPt-3. The third-order valence-corrected chi connectivity index (χ3v) is 10.1. The van der Waals surface area contributed by atoms with Crippen LogP contribution in [0, 0.1) is 18.8 Å². The topological polar surface area (TPSA) is 46.4 Å². The summed E-state index contributed by atoms with van der Waals surface area (Å²) in [5.41, 5.74) is 9.88. The minimum atomic E-state index is -0.0168. The predicted octanol–water partition coefficient (Wildman–Crippen LogP) is 12.3. The van der Waals surface area contributed by atoms with Gasteiger partial charge in [0.05, 0.1) is 0 Å². The summed E-state index contributed by atoms with van der Waals surface area (Å²) in [6.45, 7) is 22.4. The molecule has 0 unspecified atom stereocenters. The van der Waals surface area contributed by atoms with Crippen LogP contribution in [-0.2, 0) is 37.3 Å². The summed E-state index contributed by atoms with van der Waals surface area (Å²) in [6.07, 6.45) is 3.66. The number of aromatic nitrogens is 3. The third kappa shape index (κ3) is 6.93. The monoisotopic (exact) mass is 891 g/mol. The van der Waals surface area contributed by atoms with Crippen LogP contribution in [0.3, 0.4) is 0 Å². The number of benzene rings is 4. The second-order valence-electron chi connectivity index (χ2n) is 17.1. The van der Waals surface area contributed by atoms with E-state index in [1.54, 1.807) is 6.20 Å². The van der Waals surface area contributed by atoms with Crippen molar-refractivity contribution in [3.63, 3.8) is 0 Å². The standard InChI is InChI=1S/C47H46N5O.Pt/c1-45(2,3)31-20-22-48-43(27-31)52-39-15-11-10-14-37(39)38-19-18-36(29-42(38)52)53-44-28-34(21-23-49-44)50-30-51(41-17-13-12-16-40(41)50)35-25-32(46(4,5)6)24-33(26-35)47(7,8)9;/h10-27,30H,1-9H3;/q-3;. The van der Waals surface area contributed by atoms with E-state index in [0.717, 1.165) is 50.4 Å². The molecule has 0 bridgehead atoms. The average molecular weight is 892 g/mol. The number of rotatable bonds is 5. The molecule has 0 aliphatic carbocycles. The number of anilines is 4. The number of para-hydroxylation sites is 3. The number of pyridine rings is 2. The van der Waals surface area contributed by atoms with Gasteiger partial charge in [-0.2, -0.15) is 23.9 Å². The Kier molecular flexibility index (Phi) is 9.51. The Hall–Kier alpha value is -4.93. The first-order chi connectivity index (χ1) is 25.1. The number of hydrogen-bond donors (Lipinski definition) is 0. The summed E-state index contributed by atoms with van der Waals surface area (Å²) in [5.74, 6) is 1.76. The Bertz CT molecular complexity index is 2470.